The number of carbonyl (C=O) groups is 2. The molecule has 0 radical (unpaired) electrons. The van der Waals surface area contributed by atoms with E-state index in [0.29, 0.717) is 59.5 Å². The summed E-state index contributed by atoms with van der Waals surface area (Å²) in [5.41, 5.74) is 5.09. The standard InChI is InChI=1S/C42H64O7/c1-6-7-8-16-41-17-20-42(21-18-41,22-19-41)37-11-9-33(10-12-37)36-26-34(14-24-48-39(45)30(2)3)38(47-23-13-32(28-43)29-44)35(27-36)15-25-49-40(46)31(4)5/h26-27,32-33,37,43-44H,2,4,6-25,28-29H2,1,3,5H3. The molecule has 0 saturated heterocycles. The highest BCUT2D eigenvalue weighted by molar-refractivity contribution is 5.87. The molecule has 0 aromatic heterocycles. The minimum Gasteiger partial charge on any atom is -0.493 e. The van der Waals surface area contributed by atoms with Crippen molar-refractivity contribution in [2.75, 3.05) is 33.0 Å². The number of hydrogen-bond donors (Lipinski definition) is 2. The molecule has 274 valence electrons. The summed E-state index contributed by atoms with van der Waals surface area (Å²) in [7, 11) is 0. The van der Waals surface area contributed by atoms with Gasteiger partial charge in [-0.05, 0) is 130 Å². The first-order valence-corrected chi connectivity index (χ1v) is 19.2. The van der Waals surface area contributed by atoms with Crippen molar-refractivity contribution in [1.29, 1.82) is 0 Å². The molecule has 0 aliphatic heterocycles. The minimum atomic E-state index is -0.416. The lowest BCUT2D eigenvalue weighted by Gasteiger charge is -2.58. The summed E-state index contributed by atoms with van der Waals surface area (Å²) in [6, 6.07) is 4.47. The molecule has 7 heteroatoms. The van der Waals surface area contributed by atoms with Gasteiger partial charge in [0.15, 0.2) is 0 Å². The highest BCUT2D eigenvalue weighted by Gasteiger charge is 2.51. The number of fused-ring (bicyclic) bond motifs is 3. The lowest BCUT2D eigenvalue weighted by Crippen LogP contribution is -2.46. The quantitative estimate of drug-likeness (QED) is 0.0808. The van der Waals surface area contributed by atoms with E-state index in [1.807, 2.05) is 0 Å². The van der Waals surface area contributed by atoms with Crippen LogP contribution in [0.3, 0.4) is 0 Å². The maximum absolute atomic E-state index is 12.2. The van der Waals surface area contributed by atoms with Crippen LogP contribution in [0.5, 0.6) is 5.75 Å². The maximum Gasteiger partial charge on any atom is 0.333 e. The van der Waals surface area contributed by atoms with Gasteiger partial charge in [0.05, 0.1) is 19.8 Å². The van der Waals surface area contributed by atoms with Crippen molar-refractivity contribution in [1.82, 2.24) is 0 Å². The highest BCUT2D eigenvalue weighted by Crippen LogP contribution is 2.63. The molecule has 2 N–H and O–H groups in total. The van der Waals surface area contributed by atoms with Gasteiger partial charge in [0.1, 0.15) is 5.75 Å². The van der Waals surface area contributed by atoms with E-state index in [1.165, 1.54) is 82.6 Å². The van der Waals surface area contributed by atoms with Gasteiger partial charge in [0, 0.05) is 43.1 Å². The smallest absolute Gasteiger partial charge is 0.333 e. The molecule has 0 amide bonds. The molecule has 5 rings (SSSR count). The number of carbonyl (C=O) groups excluding carboxylic acids is 2. The number of ether oxygens (including phenoxy) is 3. The van der Waals surface area contributed by atoms with Gasteiger partial charge < -0.3 is 24.4 Å². The van der Waals surface area contributed by atoms with Crippen LogP contribution >= 0.6 is 0 Å². The van der Waals surface area contributed by atoms with E-state index < -0.39 is 11.9 Å². The molecule has 7 nitrogen and oxygen atoms in total. The third kappa shape index (κ3) is 10.4. The molecule has 1 aromatic carbocycles. The summed E-state index contributed by atoms with van der Waals surface area (Å²) < 4.78 is 17.4. The monoisotopic (exact) mass is 680 g/mol. The molecule has 4 saturated carbocycles. The van der Waals surface area contributed by atoms with Crippen molar-refractivity contribution < 1.29 is 34.0 Å². The first kappa shape index (κ1) is 39.2. The predicted octanol–water partition coefficient (Wildman–Crippen LogP) is 8.57. The Labute approximate surface area is 295 Å². The van der Waals surface area contributed by atoms with Crippen molar-refractivity contribution in [3.05, 3.63) is 53.1 Å². The molecule has 0 unspecified atom stereocenters. The lowest BCUT2D eigenvalue weighted by atomic mass is 9.47. The second kappa shape index (κ2) is 18.6. The molecule has 49 heavy (non-hydrogen) atoms. The highest BCUT2D eigenvalue weighted by atomic mass is 16.5. The van der Waals surface area contributed by atoms with Crippen LogP contribution in [0.1, 0.15) is 140 Å². The summed E-state index contributed by atoms with van der Waals surface area (Å²) in [6.07, 6.45) is 20.4. The molecule has 0 spiro atoms. The van der Waals surface area contributed by atoms with Gasteiger partial charge in [-0.3, -0.25) is 0 Å². The van der Waals surface area contributed by atoms with E-state index >= 15 is 0 Å². The topological polar surface area (TPSA) is 102 Å². The summed E-state index contributed by atoms with van der Waals surface area (Å²) >= 11 is 0. The number of rotatable bonds is 20. The van der Waals surface area contributed by atoms with E-state index in [9.17, 15) is 19.8 Å². The van der Waals surface area contributed by atoms with Crippen molar-refractivity contribution in [3.8, 4) is 5.75 Å². The minimum absolute atomic E-state index is 0.115. The van der Waals surface area contributed by atoms with Gasteiger partial charge in [-0.2, -0.15) is 0 Å². The first-order chi connectivity index (χ1) is 23.5. The lowest BCUT2D eigenvalue weighted by molar-refractivity contribution is -0.139. The Bertz CT molecular complexity index is 1190. The Balaban J connectivity index is 1.51. The van der Waals surface area contributed by atoms with Crippen LogP contribution in [0.4, 0.5) is 0 Å². The van der Waals surface area contributed by atoms with Crippen LogP contribution in [-0.4, -0.2) is 55.2 Å². The van der Waals surface area contributed by atoms with Crippen LogP contribution in [0.25, 0.3) is 0 Å². The van der Waals surface area contributed by atoms with Gasteiger partial charge in [0.25, 0.3) is 0 Å². The largest absolute Gasteiger partial charge is 0.493 e. The van der Waals surface area contributed by atoms with Gasteiger partial charge in [-0.1, -0.05) is 51.5 Å². The number of esters is 2. The number of unbranched alkanes of at least 4 members (excludes halogenated alkanes) is 2. The second-order valence-electron chi connectivity index (χ2n) is 15.7. The summed E-state index contributed by atoms with van der Waals surface area (Å²) in [5.74, 6) is 0.855. The number of aliphatic hydroxyl groups excluding tert-OH is 2. The predicted molar refractivity (Wildman–Crippen MR) is 195 cm³/mol. The van der Waals surface area contributed by atoms with E-state index in [2.05, 4.69) is 32.2 Å². The Kier molecular flexibility index (Phi) is 14.8. The molecule has 2 bridgehead atoms. The summed E-state index contributed by atoms with van der Waals surface area (Å²) in [5, 5.41) is 19.2. The van der Waals surface area contributed by atoms with Crippen molar-refractivity contribution in [3.63, 3.8) is 0 Å². The molecule has 1 aromatic rings. The van der Waals surface area contributed by atoms with Crippen molar-refractivity contribution >= 4 is 11.9 Å². The number of benzene rings is 1. The maximum atomic E-state index is 12.2. The van der Waals surface area contributed by atoms with Gasteiger partial charge in [-0.15, -0.1) is 0 Å². The zero-order chi connectivity index (χ0) is 35.4. The average Bonchev–Trinajstić information content (AvgIpc) is 3.11. The molecule has 0 heterocycles. The summed E-state index contributed by atoms with van der Waals surface area (Å²) in [6.45, 7) is 13.5. The van der Waals surface area contributed by atoms with Gasteiger partial charge >= 0.3 is 11.9 Å². The molecule has 4 fully saturated rings. The Morgan fingerprint density at radius 1 is 0.816 bits per heavy atom. The Morgan fingerprint density at radius 3 is 1.82 bits per heavy atom. The fraction of sp³-hybridized carbons (Fsp3) is 0.714. The second-order valence-corrected chi connectivity index (χ2v) is 15.7. The first-order valence-electron chi connectivity index (χ1n) is 19.2. The van der Waals surface area contributed by atoms with Gasteiger partial charge in [-0.25, -0.2) is 9.59 Å². The van der Waals surface area contributed by atoms with Gasteiger partial charge in [0.2, 0.25) is 0 Å². The van der Waals surface area contributed by atoms with E-state index in [1.54, 1.807) is 13.8 Å². The normalized spacial score (nSPS) is 24.9. The molecular formula is C42H64O7. The number of hydrogen-bond acceptors (Lipinski definition) is 7. The zero-order valence-corrected chi connectivity index (χ0v) is 30.8. The molecular weight excluding hydrogens is 616 g/mol. The van der Waals surface area contributed by atoms with Crippen LogP contribution in [0, 0.1) is 22.7 Å². The Hall–Kier alpha value is -2.64. The van der Waals surface area contributed by atoms with Crippen LogP contribution in [0.2, 0.25) is 0 Å². The third-order valence-corrected chi connectivity index (χ3v) is 12.3. The SMILES string of the molecule is C=C(C)C(=O)OCCc1cc(C2CCC(C34CCC(CCCCC)(CC3)CC4)CC2)cc(CCOC(=O)C(=C)C)c1OCCC(CO)CO. The molecule has 4 aliphatic carbocycles. The zero-order valence-electron chi connectivity index (χ0n) is 30.8. The summed E-state index contributed by atoms with van der Waals surface area (Å²) in [4.78, 5) is 24.4. The van der Waals surface area contributed by atoms with E-state index in [-0.39, 0.29) is 32.3 Å². The fourth-order valence-corrected chi connectivity index (χ4v) is 8.96. The number of aliphatic hydroxyl groups is 2. The van der Waals surface area contributed by atoms with E-state index in [4.69, 9.17) is 14.2 Å². The molecule has 0 atom stereocenters. The molecule has 4 aliphatic rings. The van der Waals surface area contributed by atoms with Crippen molar-refractivity contribution in [2.24, 2.45) is 22.7 Å². The van der Waals surface area contributed by atoms with Crippen molar-refractivity contribution in [2.45, 2.75) is 136 Å². The average molecular weight is 681 g/mol. The van der Waals surface area contributed by atoms with Crippen LogP contribution in [0.15, 0.2) is 36.4 Å². The third-order valence-electron chi connectivity index (χ3n) is 12.3. The Morgan fingerprint density at radius 2 is 1.35 bits per heavy atom. The van der Waals surface area contributed by atoms with E-state index in [0.717, 1.165) is 29.9 Å². The van der Waals surface area contributed by atoms with Crippen LogP contribution in [-0.2, 0) is 31.9 Å². The van der Waals surface area contributed by atoms with Crippen LogP contribution < -0.4 is 4.74 Å². The fourth-order valence-electron chi connectivity index (χ4n) is 8.96.